The molecule has 1 aromatic heterocycles. The first kappa shape index (κ1) is 19.4. The van der Waals surface area contributed by atoms with Crippen LogP contribution in [0.5, 0.6) is 11.5 Å². The maximum absolute atomic E-state index is 12.8. The second kappa shape index (κ2) is 9.55. The number of benzene rings is 2. The molecule has 0 spiro atoms. The SMILES string of the molecule is COc1cn(-c2ccccc2)nc1C(=O)NCCCCOc1ccc(F)cc1. The molecule has 0 atom stereocenters. The maximum atomic E-state index is 12.8. The largest absolute Gasteiger partial charge is 0.494 e. The number of ether oxygens (including phenoxy) is 2. The summed E-state index contributed by atoms with van der Waals surface area (Å²) >= 11 is 0. The van der Waals surface area contributed by atoms with Crippen LogP contribution in [0.2, 0.25) is 0 Å². The number of rotatable bonds is 9. The van der Waals surface area contributed by atoms with Crippen molar-refractivity contribution in [2.45, 2.75) is 12.8 Å². The standard InChI is InChI=1S/C21H22FN3O3/c1-27-19-15-25(17-7-3-2-4-8-17)24-20(19)21(26)23-13-5-6-14-28-18-11-9-16(22)10-12-18/h2-4,7-12,15H,5-6,13-14H2,1H3,(H,23,26). The second-order valence-corrected chi connectivity index (χ2v) is 6.09. The number of hydrogen-bond acceptors (Lipinski definition) is 4. The topological polar surface area (TPSA) is 65.4 Å². The highest BCUT2D eigenvalue weighted by atomic mass is 19.1. The molecule has 0 bridgehead atoms. The lowest BCUT2D eigenvalue weighted by molar-refractivity contribution is 0.0944. The monoisotopic (exact) mass is 383 g/mol. The lowest BCUT2D eigenvalue weighted by Gasteiger charge is -2.07. The normalized spacial score (nSPS) is 10.5. The molecule has 7 heteroatoms. The van der Waals surface area contributed by atoms with Crippen molar-refractivity contribution in [3.05, 3.63) is 72.3 Å². The summed E-state index contributed by atoms with van der Waals surface area (Å²) in [5, 5.41) is 7.18. The predicted molar refractivity (Wildman–Crippen MR) is 104 cm³/mol. The summed E-state index contributed by atoms with van der Waals surface area (Å²) in [6.45, 7) is 0.987. The van der Waals surface area contributed by atoms with Crippen molar-refractivity contribution in [1.29, 1.82) is 0 Å². The summed E-state index contributed by atoms with van der Waals surface area (Å²) in [4.78, 5) is 12.4. The van der Waals surface area contributed by atoms with Crippen LogP contribution in [0.15, 0.2) is 60.8 Å². The van der Waals surface area contributed by atoms with Gasteiger partial charge in [0.1, 0.15) is 11.6 Å². The molecule has 146 valence electrons. The Balaban J connectivity index is 1.45. The molecule has 0 saturated carbocycles. The molecule has 1 heterocycles. The van der Waals surface area contributed by atoms with E-state index in [0.29, 0.717) is 24.7 Å². The van der Waals surface area contributed by atoms with E-state index in [1.807, 2.05) is 30.3 Å². The number of aromatic nitrogens is 2. The van der Waals surface area contributed by atoms with Crippen LogP contribution in [0.1, 0.15) is 23.3 Å². The number of methoxy groups -OCH3 is 1. The average Bonchev–Trinajstić information content (AvgIpc) is 3.17. The third-order valence-electron chi connectivity index (χ3n) is 4.08. The molecular weight excluding hydrogens is 361 g/mol. The third kappa shape index (κ3) is 5.09. The first-order valence-corrected chi connectivity index (χ1v) is 9.03. The number of unbranched alkanes of at least 4 members (excludes halogenated alkanes) is 1. The van der Waals surface area contributed by atoms with Crippen molar-refractivity contribution < 1.29 is 18.7 Å². The Hall–Kier alpha value is -3.35. The zero-order chi connectivity index (χ0) is 19.8. The fourth-order valence-corrected chi connectivity index (χ4v) is 2.61. The molecule has 0 saturated heterocycles. The molecule has 6 nitrogen and oxygen atoms in total. The van der Waals surface area contributed by atoms with E-state index < -0.39 is 0 Å². The summed E-state index contributed by atoms with van der Waals surface area (Å²) in [7, 11) is 1.51. The number of halogens is 1. The summed E-state index contributed by atoms with van der Waals surface area (Å²) in [5.74, 6) is 0.466. The number of nitrogens with zero attached hydrogens (tertiary/aromatic N) is 2. The van der Waals surface area contributed by atoms with Gasteiger partial charge in [0.25, 0.3) is 5.91 Å². The van der Waals surface area contributed by atoms with Crippen molar-refractivity contribution in [3.63, 3.8) is 0 Å². The highest BCUT2D eigenvalue weighted by Gasteiger charge is 2.17. The third-order valence-corrected chi connectivity index (χ3v) is 4.08. The number of amides is 1. The zero-order valence-corrected chi connectivity index (χ0v) is 15.6. The minimum atomic E-state index is -0.291. The number of nitrogens with one attached hydrogen (secondary N) is 1. The number of para-hydroxylation sites is 1. The smallest absolute Gasteiger partial charge is 0.275 e. The first-order chi connectivity index (χ1) is 13.7. The van der Waals surface area contributed by atoms with Crippen molar-refractivity contribution >= 4 is 5.91 Å². The van der Waals surface area contributed by atoms with Gasteiger partial charge in [0.15, 0.2) is 11.4 Å². The highest BCUT2D eigenvalue weighted by Crippen LogP contribution is 2.19. The van der Waals surface area contributed by atoms with E-state index in [9.17, 15) is 9.18 Å². The molecular formula is C21H22FN3O3. The molecule has 3 rings (SSSR count). The molecule has 0 aliphatic rings. The van der Waals surface area contributed by atoms with Crippen molar-refractivity contribution in [2.75, 3.05) is 20.3 Å². The summed E-state index contributed by atoms with van der Waals surface area (Å²) in [6.07, 6.45) is 3.18. The molecule has 0 fully saturated rings. The Morgan fingerprint density at radius 1 is 1.11 bits per heavy atom. The van der Waals surface area contributed by atoms with E-state index in [4.69, 9.17) is 9.47 Å². The minimum Gasteiger partial charge on any atom is -0.494 e. The Kier molecular flexibility index (Phi) is 6.62. The van der Waals surface area contributed by atoms with Crippen LogP contribution >= 0.6 is 0 Å². The molecule has 1 amide bonds. The lowest BCUT2D eigenvalue weighted by atomic mass is 10.3. The van der Waals surface area contributed by atoms with Gasteiger partial charge >= 0.3 is 0 Å². The Morgan fingerprint density at radius 2 is 1.86 bits per heavy atom. The van der Waals surface area contributed by atoms with Crippen LogP contribution in [-0.2, 0) is 0 Å². The van der Waals surface area contributed by atoms with Gasteiger partial charge in [0, 0.05) is 6.54 Å². The van der Waals surface area contributed by atoms with E-state index in [1.54, 1.807) is 23.0 Å². The van der Waals surface area contributed by atoms with Gasteiger partial charge in [-0.3, -0.25) is 4.79 Å². The van der Waals surface area contributed by atoms with Crippen LogP contribution < -0.4 is 14.8 Å². The summed E-state index contributed by atoms with van der Waals surface area (Å²) < 4.78 is 25.3. The molecule has 2 aromatic carbocycles. The van der Waals surface area contributed by atoms with Crippen LogP contribution in [0.3, 0.4) is 0 Å². The van der Waals surface area contributed by atoms with Crippen molar-refractivity contribution in [2.24, 2.45) is 0 Å². The number of carbonyl (C=O) groups excluding carboxylic acids is 1. The molecule has 0 radical (unpaired) electrons. The van der Waals surface area contributed by atoms with E-state index in [2.05, 4.69) is 10.4 Å². The molecule has 0 aliphatic heterocycles. The predicted octanol–water partition coefficient (Wildman–Crippen LogP) is 3.61. The van der Waals surface area contributed by atoms with E-state index >= 15 is 0 Å². The van der Waals surface area contributed by atoms with Crippen LogP contribution in [0, 0.1) is 5.82 Å². The van der Waals surface area contributed by atoms with E-state index in [-0.39, 0.29) is 17.4 Å². The highest BCUT2D eigenvalue weighted by molar-refractivity contribution is 5.94. The Bertz CT molecular complexity index is 895. The number of carbonyl (C=O) groups is 1. The second-order valence-electron chi connectivity index (χ2n) is 6.09. The fraction of sp³-hybridized carbons (Fsp3) is 0.238. The summed E-state index contributed by atoms with van der Waals surface area (Å²) in [5.41, 5.74) is 1.09. The van der Waals surface area contributed by atoms with Crippen LogP contribution in [-0.4, -0.2) is 35.9 Å². The summed E-state index contributed by atoms with van der Waals surface area (Å²) in [6, 6.07) is 15.4. The molecule has 28 heavy (non-hydrogen) atoms. The van der Waals surface area contributed by atoms with Crippen LogP contribution in [0.25, 0.3) is 5.69 Å². The molecule has 3 aromatic rings. The fourth-order valence-electron chi connectivity index (χ4n) is 2.61. The van der Waals surface area contributed by atoms with Gasteiger partial charge in [-0.25, -0.2) is 9.07 Å². The van der Waals surface area contributed by atoms with Gasteiger partial charge in [-0.15, -0.1) is 0 Å². The van der Waals surface area contributed by atoms with Gasteiger partial charge in [-0.05, 0) is 49.2 Å². The Labute approximate surface area is 162 Å². The molecule has 0 aliphatic carbocycles. The van der Waals surface area contributed by atoms with Gasteiger partial charge in [0.05, 0.1) is 25.6 Å². The Morgan fingerprint density at radius 3 is 2.57 bits per heavy atom. The van der Waals surface area contributed by atoms with Crippen molar-refractivity contribution in [1.82, 2.24) is 15.1 Å². The van der Waals surface area contributed by atoms with E-state index in [1.165, 1.54) is 19.2 Å². The average molecular weight is 383 g/mol. The van der Waals surface area contributed by atoms with Gasteiger partial charge in [-0.1, -0.05) is 18.2 Å². The van der Waals surface area contributed by atoms with Crippen LogP contribution in [0.4, 0.5) is 4.39 Å². The van der Waals surface area contributed by atoms with Gasteiger partial charge in [-0.2, -0.15) is 5.10 Å². The van der Waals surface area contributed by atoms with Gasteiger partial charge in [0.2, 0.25) is 0 Å². The maximum Gasteiger partial charge on any atom is 0.275 e. The number of hydrogen-bond donors (Lipinski definition) is 1. The minimum absolute atomic E-state index is 0.244. The van der Waals surface area contributed by atoms with Gasteiger partial charge < -0.3 is 14.8 Å². The quantitative estimate of drug-likeness (QED) is 0.574. The molecule has 0 unspecified atom stereocenters. The van der Waals surface area contributed by atoms with E-state index in [0.717, 1.165) is 18.5 Å². The zero-order valence-electron chi connectivity index (χ0n) is 15.6. The lowest BCUT2D eigenvalue weighted by Crippen LogP contribution is -2.25. The van der Waals surface area contributed by atoms with Crippen molar-refractivity contribution in [3.8, 4) is 17.2 Å². The first-order valence-electron chi connectivity index (χ1n) is 9.03. The molecule has 1 N–H and O–H groups in total.